The zero-order valence-corrected chi connectivity index (χ0v) is 9.07. The first-order valence-electron chi connectivity index (χ1n) is 4.80. The molecule has 0 radical (unpaired) electrons. The summed E-state index contributed by atoms with van der Waals surface area (Å²) in [6, 6.07) is 3.71. The fraction of sp³-hybridized carbons (Fsp3) is 0.545. The quantitative estimate of drug-likeness (QED) is 0.783. The lowest BCUT2D eigenvalue weighted by Crippen LogP contribution is -2.27. The maximum atomic E-state index is 10.2. The largest absolute Gasteiger partial charge is 0.385 e. The minimum absolute atomic E-state index is 0.726. The summed E-state index contributed by atoms with van der Waals surface area (Å²) < 4.78 is 0. The van der Waals surface area contributed by atoms with Crippen molar-refractivity contribution in [3.05, 3.63) is 30.1 Å². The Balaban J connectivity index is 2.66. The van der Waals surface area contributed by atoms with Crippen molar-refractivity contribution in [3.63, 3.8) is 0 Å². The lowest BCUT2D eigenvalue weighted by atomic mass is 9.93. The van der Waals surface area contributed by atoms with Crippen molar-refractivity contribution in [2.45, 2.75) is 18.9 Å². The molecule has 1 rings (SSSR count). The molecule has 0 bridgehead atoms. The molecule has 0 aliphatic rings. The molecule has 1 unspecified atom stereocenters. The molecule has 0 fully saturated rings. The predicted molar refractivity (Wildman–Crippen MR) is 57.0 cm³/mol. The first kappa shape index (κ1) is 11.1. The van der Waals surface area contributed by atoms with Gasteiger partial charge in [-0.05, 0) is 45.1 Å². The number of aliphatic hydroxyl groups is 1. The average molecular weight is 194 g/mol. The molecule has 1 atom stereocenters. The van der Waals surface area contributed by atoms with E-state index < -0.39 is 5.60 Å². The van der Waals surface area contributed by atoms with Crippen LogP contribution in [0.4, 0.5) is 0 Å². The number of hydrogen-bond acceptors (Lipinski definition) is 3. The van der Waals surface area contributed by atoms with E-state index in [1.807, 2.05) is 33.2 Å². The van der Waals surface area contributed by atoms with Gasteiger partial charge in [0.05, 0.1) is 5.60 Å². The third kappa shape index (κ3) is 3.09. The molecule has 1 N–H and O–H groups in total. The fourth-order valence-corrected chi connectivity index (χ4v) is 1.30. The van der Waals surface area contributed by atoms with Crippen LogP contribution in [0.1, 0.15) is 18.9 Å². The molecule has 0 saturated carbocycles. The molecule has 1 aromatic rings. The van der Waals surface area contributed by atoms with Gasteiger partial charge in [-0.3, -0.25) is 4.98 Å². The van der Waals surface area contributed by atoms with Crippen molar-refractivity contribution >= 4 is 0 Å². The van der Waals surface area contributed by atoms with E-state index in [4.69, 9.17) is 0 Å². The van der Waals surface area contributed by atoms with Crippen LogP contribution >= 0.6 is 0 Å². The summed E-state index contributed by atoms with van der Waals surface area (Å²) in [5.41, 5.74) is 0.169. The van der Waals surface area contributed by atoms with Crippen molar-refractivity contribution in [1.29, 1.82) is 0 Å². The topological polar surface area (TPSA) is 36.4 Å². The molecule has 0 aromatic carbocycles. The van der Waals surface area contributed by atoms with Gasteiger partial charge < -0.3 is 10.0 Å². The summed E-state index contributed by atoms with van der Waals surface area (Å²) in [6.07, 6.45) is 4.14. The third-order valence-electron chi connectivity index (χ3n) is 2.35. The minimum Gasteiger partial charge on any atom is -0.385 e. The highest BCUT2D eigenvalue weighted by atomic mass is 16.3. The van der Waals surface area contributed by atoms with Gasteiger partial charge in [-0.1, -0.05) is 0 Å². The minimum atomic E-state index is -0.757. The van der Waals surface area contributed by atoms with Crippen molar-refractivity contribution in [2.75, 3.05) is 20.6 Å². The molecule has 14 heavy (non-hydrogen) atoms. The first-order valence-corrected chi connectivity index (χ1v) is 4.80. The molecule has 0 aliphatic heterocycles. The van der Waals surface area contributed by atoms with Crippen LogP contribution in [0.25, 0.3) is 0 Å². The van der Waals surface area contributed by atoms with E-state index >= 15 is 0 Å². The van der Waals surface area contributed by atoms with Crippen LogP contribution < -0.4 is 0 Å². The Morgan fingerprint density at radius 3 is 2.43 bits per heavy atom. The first-order chi connectivity index (χ1) is 6.52. The summed E-state index contributed by atoms with van der Waals surface area (Å²) in [6.45, 7) is 2.71. The van der Waals surface area contributed by atoms with Crippen molar-refractivity contribution in [3.8, 4) is 0 Å². The number of aromatic nitrogens is 1. The Bertz CT molecular complexity index is 270. The molecule has 0 saturated heterocycles. The van der Waals surface area contributed by atoms with Gasteiger partial charge in [0.2, 0.25) is 0 Å². The SMILES string of the molecule is CN(C)CCC(C)(O)c1ccncc1. The second-order valence-electron chi connectivity index (χ2n) is 4.06. The molecule has 0 amide bonds. The molecule has 0 spiro atoms. The van der Waals surface area contributed by atoms with Gasteiger partial charge in [-0.25, -0.2) is 0 Å². The van der Waals surface area contributed by atoms with Gasteiger partial charge >= 0.3 is 0 Å². The Kier molecular flexibility index (Phi) is 3.61. The van der Waals surface area contributed by atoms with Crippen molar-refractivity contribution in [1.82, 2.24) is 9.88 Å². The van der Waals surface area contributed by atoms with Crippen LogP contribution in [0, 0.1) is 0 Å². The third-order valence-corrected chi connectivity index (χ3v) is 2.35. The highest BCUT2D eigenvalue weighted by molar-refractivity contribution is 5.17. The van der Waals surface area contributed by atoms with Gasteiger partial charge in [0, 0.05) is 18.9 Å². The summed E-state index contributed by atoms with van der Waals surface area (Å²) in [7, 11) is 4.01. The van der Waals surface area contributed by atoms with Gasteiger partial charge in [-0.15, -0.1) is 0 Å². The summed E-state index contributed by atoms with van der Waals surface area (Å²) in [5.74, 6) is 0. The van der Waals surface area contributed by atoms with E-state index in [1.165, 1.54) is 0 Å². The molecule has 3 nitrogen and oxygen atoms in total. The van der Waals surface area contributed by atoms with E-state index in [0.29, 0.717) is 0 Å². The van der Waals surface area contributed by atoms with Crippen LogP contribution in [-0.4, -0.2) is 35.6 Å². The van der Waals surface area contributed by atoms with Gasteiger partial charge in [0.15, 0.2) is 0 Å². The van der Waals surface area contributed by atoms with E-state index in [0.717, 1.165) is 18.5 Å². The number of hydrogen-bond donors (Lipinski definition) is 1. The summed E-state index contributed by atoms with van der Waals surface area (Å²) in [5, 5.41) is 10.2. The Labute approximate surface area is 85.4 Å². The second-order valence-corrected chi connectivity index (χ2v) is 4.06. The maximum Gasteiger partial charge on any atom is 0.0881 e. The molecule has 1 heterocycles. The number of nitrogens with zero attached hydrogens (tertiary/aromatic N) is 2. The zero-order chi connectivity index (χ0) is 10.6. The van der Waals surface area contributed by atoms with E-state index in [2.05, 4.69) is 9.88 Å². The highest BCUT2D eigenvalue weighted by Crippen LogP contribution is 2.23. The van der Waals surface area contributed by atoms with Crippen LogP contribution in [-0.2, 0) is 5.60 Å². The van der Waals surface area contributed by atoms with E-state index in [1.54, 1.807) is 12.4 Å². The van der Waals surface area contributed by atoms with Gasteiger partial charge in [0.25, 0.3) is 0 Å². The van der Waals surface area contributed by atoms with E-state index in [9.17, 15) is 5.11 Å². The van der Waals surface area contributed by atoms with Crippen LogP contribution in [0.5, 0.6) is 0 Å². The standard InChI is InChI=1S/C11H18N2O/c1-11(14,6-9-13(2)3)10-4-7-12-8-5-10/h4-5,7-8,14H,6,9H2,1-3H3. The van der Waals surface area contributed by atoms with Gasteiger partial charge in [-0.2, -0.15) is 0 Å². The highest BCUT2D eigenvalue weighted by Gasteiger charge is 2.22. The molecule has 3 heteroatoms. The molecule has 78 valence electrons. The normalized spacial score (nSPS) is 15.5. The Morgan fingerprint density at radius 1 is 1.36 bits per heavy atom. The molecular weight excluding hydrogens is 176 g/mol. The summed E-state index contributed by atoms with van der Waals surface area (Å²) >= 11 is 0. The zero-order valence-electron chi connectivity index (χ0n) is 9.07. The molecule has 1 aromatic heterocycles. The number of pyridine rings is 1. The van der Waals surface area contributed by atoms with Gasteiger partial charge in [0.1, 0.15) is 0 Å². The van der Waals surface area contributed by atoms with Crippen LogP contribution in [0.3, 0.4) is 0 Å². The van der Waals surface area contributed by atoms with E-state index in [-0.39, 0.29) is 0 Å². The Morgan fingerprint density at radius 2 is 1.93 bits per heavy atom. The van der Waals surface area contributed by atoms with Crippen molar-refractivity contribution < 1.29 is 5.11 Å². The summed E-state index contributed by atoms with van der Waals surface area (Å²) in [4.78, 5) is 6.00. The predicted octanol–water partition coefficient (Wildman–Crippen LogP) is 1.24. The average Bonchev–Trinajstić information content (AvgIpc) is 2.16. The lowest BCUT2D eigenvalue weighted by Gasteiger charge is -2.25. The second kappa shape index (κ2) is 4.53. The molecular formula is C11H18N2O. The fourth-order valence-electron chi connectivity index (χ4n) is 1.30. The van der Waals surface area contributed by atoms with Crippen molar-refractivity contribution in [2.24, 2.45) is 0 Å². The maximum absolute atomic E-state index is 10.2. The lowest BCUT2D eigenvalue weighted by molar-refractivity contribution is 0.0405. The molecule has 0 aliphatic carbocycles. The smallest absolute Gasteiger partial charge is 0.0881 e. The Hall–Kier alpha value is -0.930. The van der Waals surface area contributed by atoms with Crippen LogP contribution in [0.2, 0.25) is 0 Å². The van der Waals surface area contributed by atoms with Crippen LogP contribution in [0.15, 0.2) is 24.5 Å². The monoisotopic (exact) mass is 194 g/mol. The number of rotatable bonds is 4.